The molecule has 0 fully saturated rings. The van der Waals surface area contributed by atoms with Crippen molar-refractivity contribution in [2.75, 3.05) is 4.72 Å². The van der Waals surface area contributed by atoms with Gasteiger partial charge in [-0.2, -0.15) is 8.42 Å². The van der Waals surface area contributed by atoms with E-state index < -0.39 is 10.0 Å². The summed E-state index contributed by atoms with van der Waals surface area (Å²) in [7, 11) is -3.67. The number of aromatic amines is 1. The highest BCUT2D eigenvalue weighted by atomic mass is 79.9. The second-order valence-corrected chi connectivity index (χ2v) is 6.69. The number of imidazole rings is 1. The second-order valence-electron chi connectivity index (χ2n) is 3.78. The highest BCUT2D eigenvalue weighted by Gasteiger charge is 2.17. The number of halogens is 2. The van der Waals surface area contributed by atoms with Gasteiger partial charge >= 0.3 is 0 Å². The average Bonchev–Trinajstić information content (AvgIpc) is 2.83. The summed E-state index contributed by atoms with van der Waals surface area (Å²) in [5, 5.41) is 0.461. The predicted octanol–water partition coefficient (Wildman–Crippen LogP) is 3.19. The Bertz CT molecular complexity index is 700. The van der Waals surface area contributed by atoms with Crippen LogP contribution in [0.4, 0.5) is 5.69 Å². The zero-order chi connectivity index (χ0) is 14.0. The first kappa shape index (κ1) is 14.4. The summed E-state index contributed by atoms with van der Waals surface area (Å²) in [6, 6.07) is 4.82. The Kier molecular flexibility index (Phi) is 4.17. The Morgan fingerprint density at radius 1 is 1.47 bits per heavy atom. The molecular formula is C11H11BrClN3O2S. The first-order chi connectivity index (χ1) is 8.92. The number of hydrogen-bond acceptors (Lipinski definition) is 3. The van der Waals surface area contributed by atoms with Gasteiger partial charge in [-0.05, 0) is 34.1 Å². The van der Waals surface area contributed by atoms with E-state index in [-0.39, 0.29) is 5.03 Å². The van der Waals surface area contributed by atoms with Gasteiger partial charge in [0.1, 0.15) is 5.82 Å². The molecule has 8 heteroatoms. The van der Waals surface area contributed by atoms with Crippen molar-refractivity contribution in [3.05, 3.63) is 39.7 Å². The number of nitrogens with one attached hydrogen (secondary N) is 2. The second kappa shape index (κ2) is 5.52. The van der Waals surface area contributed by atoms with Crippen molar-refractivity contribution in [2.24, 2.45) is 0 Å². The molecule has 2 aromatic rings. The van der Waals surface area contributed by atoms with Crippen LogP contribution in [0.2, 0.25) is 5.02 Å². The van der Waals surface area contributed by atoms with Crippen molar-refractivity contribution in [1.29, 1.82) is 0 Å². The van der Waals surface area contributed by atoms with Crippen LogP contribution < -0.4 is 4.72 Å². The summed E-state index contributed by atoms with van der Waals surface area (Å²) >= 11 is 9.15. The van der Waals surface area contributed by atoms with Crippen molar-refractivity contribution in [3.8, 4) is 0 Å². The molecule has 0 aliphatic rings. The van der Waals surface area contributed by atoms with Crippen LogP contribution in [0.15, 0.2) is 33.9 Å². The molecule has 19 heavy (non-hydrogen) atoms. The van der Waals surface area contributed by atoms with E-state index in [1.807, 2.05) is 6.92 Å². The maximum absolute atomic E-state index is 12.1. The Labute approximate surface area is 124 Å². The lowest BCUT2D eigenvalue weighted by Crippen LogP contribution is -2.13. The van der Waals surface area contributed by atoms with Gasteiger partial charge in [0, 0.05) is 10.9 Å². The maximum atomic E-state index is 12.1. The molecule has 0 unspecified atom stereocenters. The first-order valence-corrected chi connectivity index (χ1v) is 8.09. The van der Waals surface area contributed by atoms with Crippen molar-refractivity contribution >= 4 is 43.2 Å². The van der Waals surface area contributed by atoms with E-state index in [1.165, 1.54) is 12.3 Å². The van der Waals surface area contributed by atoms with Crippen LogP contribution in [-0.2, 0) is 16.4 Å². The lowest BCUT2D eigenvalue weighted by atomic mass is 10.3. The predicted molar refractivity (Wildman–Crippen MR) is 77.9 cm³/mol. The zero-order valence-corrected chi connectivity index (χ0v) is 13.1. The molecule has 0 spiro atoms. The Balaban J connectivity index is 2.28. The Morgan fingerprint density at radius 3 is 2.79 bits per heavy atom. The molecule has 0 bridgehead atoms. The van der Waals surface area contributed by atoms with Crippen molar-refractivity contribution in [1.82, 2.24) is 9.97 Å². The number of H-pyrrole nitrogens is 1. The minimum absolute atomic E-state index is 0.0309. The molecule has 0 saturated carbocycles. The van der Waals surface area contributed by atoms with Gasteiger partial charge in [0.25, 0.3) is 10.0 Å². The maximum Gasteiger partial charge on any atom is 0.278 e. The molecule has 0 atom stereocenters. The topological polar surface area (TPSA) is 74.8 Å². The number of benzene rings is 1. The summed E-state index contributed by atoms with van der Waals surface area (Å²) in [5.74, 6) is 0.620. The molecule has 1 heterocycles. The summed E-state index contributed by atoms with van der Waals surface area (Å²) < 4.78 is 27.3. The third kappa shape index (κ3) is 3.29. The Hall–Kier alpha value is -1.05. The van der Waals surface area contributed by atoms with Crippen LogP contribution in [0, 0.1) is 0 Å². The van der Waals surface area contributed by atoms with Crippen molar-refractivity contribution in [3.63, 3.8) is 0 Å². The van der Waals surface area contributed by atoms with Gasteiger partial charge < -0.3 is 4.98 Å². The van der Waals surface area contributed by atoms with E-state index in [0.29, 0.717) is 27.4 Å². The summed E-state index contributed by atoms with van der Waals surface area (Å²) in [4.78, 5) is 6.71. The molecule has 0 aliphatic carbocycles. The van der Waals surface area contributed by atoms with E-state index >= 15 is 0 Å². The van der Waals surface area contributed by atoms with Gasteiger partial charge in [-0.15, -0.1) is 0 Å². The van der Waals surface area contributed by atoms with Gasteiger partial charge in [0.2, 0.25) is 0 Å². The largest absolute Gasteiger partial charge is 0.332 e. The van der Waals surface area contributed by atoms with Gasteiger partial charge in [-0.3, -0.25) is 4.72 Å². The first-order valence-electron chi connectivity index (χ1n) is 5.44. The minimum Gasteiger partial charge on any atom is -0.332 e. The van der Waals surface area contributed by atoms with E-state index in [2.05, 4.69) is 30.6 Å². The lowest BCUT2D eigenvalue weighted by molar-refractivity contribution is 0.598. The number of rotatable bonds is 4. The van der Waals surface area contributed by atoms with Gasteiger partial charge in [-0.25, -0.2) is 4.98 Å². The summed E-state index contributed by atoms with van der Waals surface area (Å²) in [5.41, 5.74) is 0.390. The molecular weight excluding hydrogens is 354 g/mol. The van der Waals surface area contributed by atoms with E-state index in [9.17, 15) is 8.42 Å². The fourth-order valence-electron chi connectivity index (χ4n) is 1.43. The number of sulfonamides is 1. The normalized spacial score (nSPS) is 11.5. The van der Waals surface area contributed by atoms with Gasteiger partial charge in [-0.1, -0.05) is 18.5 Å². The van der Waals surface area contributed by atoms with Crippen LogP contribution in [0.3, 0.4) is 0 Å². The number of anilines is 1. The smallest absolute Gasteiger partial charge is 0.278 e. The van der Waals surface area contributed by atoms with E-state index in [1.54, 1.807) is 12.1 Å². The van der Waals surface area contributed by atoms with Crippen LogP contribution in [0.25, 0.3) is 0 Å². The SMILES string of the molecule is CCc1ncc(S(=O)(=O)Nc2ccc(Br)c(Cl)c2)[nH]1. The summed E-state index contributed by atoms with van der Waals surface area (Å²) in [6.07, 6.45) is 1.93. The quantitative estimate of drug-likeness (QED) is 0.875. The number of nitrogens with zero attached hydrogens (tertiary/aromatic N) is 1. The molecule has 0 saturated heterocycles. The third-order valence-electron chi connectivity index (χ3n) is 2.40. The molecule has 102 valence electrons. The van der Waals surface area contributed by atoms with Gasteiger partial charge in [0.15, 0.2) is 5.03 Å². The molecule has 2 rings (SSSR count). The highest BCUT2D eigenvalue weighted by Crippen LogP contribution is 2.26. The average molecular weight is 365 g/mol. The van der Waals surface area contributed by atoms with Crippen LogP contribution in [0.1, 0.15) is 12.7 Å². The third-order valence-corrected chi connectivity index (χ3v) is 4.92. The molecule has 0 radical (unpaired) electrons. The van der Waals surface area contributed by atoms with Crippen molar-refractivity contribution < 1.29 is 8.42 Å². The number of aryl methyl sites for hydroxylation is 1. The number of hydrogen-bond donors (Lipinski definition) is 2. The standard InChI is InChI=1S/C11H11BrClN3O2S/c1-2-10-14-6-11(15-10)19(17,18)16-7-3-4-8(12)9(13)5-7/h3-6,16H,2H2,1H3,(H,14,15). The molecule has 1 aromatic heterocycles. The monoisotopic (exact) mass is 363 g/mol. The van der Waals surface area contributed by atoms with Gasteiger partial charge in [0.05, 0.1) is 16.9 Å². The minimum atomic E-state index is -3.67. The molecule has 2 N–H and O–H groups in total. The fourth-order valence-corrected chi connectivity index (χ4v) is 2.85. The van der Waals surface area contributed by atoms with Crippen LogP contribution >= 0.6 is 27.5 Å². The van der Waals surface area contributed by atoms with E-state index in [4.69, 9.17) is 11.6 Å². The van der Waals surface area contributed by atoms with Crippen LogP contribution in [0.5, 0.6) is 0 Å². The molecule has 0 aliphatic heterocycles. The van der Waals surface area contributed by atoms with E-state index in [0.717, 1.165) is 0 Å². The highest BCUT2D eigenvalue weighted by molar-refractivity contribution is 9.10. The number of aromatic nitrogens is 2. The summed E-state index contributed by atoms with van der Waals surface area (Å²) in [6.45, 7) is 1.89. The van der Waals surface area contributed by atoms with Crippen LogP contribution in [-0.4, -0.2) is 18.4 Å². The fraction of sp³-hybridized carbons (Fsp3) is 0.182. The van der Waals surface area contributed by atoms with Crippen molar-refractivity contribution in [2.45, 2.75) is 18.4 Å². The molecule has 5 nitrogen and oxygen atoms in total. The Morgan fingerprint density at radius 2 is 2.21 bits per heavy atom. The lowest BCUT2D eigenvalue weighted by Gasteiger charge is -2.07. The zero-order valence-electron chi connectivity index (χ0n) is 9.94. The molecule has 0 amide bonds. The molecule has 1 aromatic carbocycles.